The second kappa shape index (κ2) is 8.15. The van der Waals surface area contributed by atoms with E-state index >= 15 is 0 Å². The molecule has 0 N–H and O–H groups in total. The Morgan fingerprint density at radius 2 is 1.86 bits per heavy atom. The molecule has 2 atom stereocenters. The first kappa shape index (κ1) is 16.8. The highest BCUT2D eigenvalue weighted by Gasteiger charge is 2.21. The number of carbonyl (C=O) groups excluding carboxylic acids is 1. The fraction of sp³-hybridized carbons (Fsp3) is 0.588. The average Bonchev–Trinajstić information content (AvgIpc) is 2.50. The second-order valence-electron chi connectivity index (χ2n) is 5.73. The van der Waals surface area contributed by atoms with E-state index in [-0.39, 0.29) is 5.97 Å². The molecule has 5 nitrogen and oxygen atoms in total. The zero-order valence-electron chi connectivity index (χ0n) is 13.6. The van der Waals surface area contributed by atoms with Crippen molar-refractivity contribution in [1.82, 2.24) is 4.90 Å². The van der Waals surface area contributed by atoms with Gasteiger partial charge >= 0.3 is 5.97 Å². The molecule has 0 bridgehead atoms. The van der Waals surface area contributed by atoms with Crippen molar-refractivity contribution >= 4 is 5.97 Å². The van der Waals surface area contributed by atoms with Gasteiger partial charge in [-0.25, -0.2) is 4.79 Å². The van der Waals surface area contributed by atoms with E-state index < -0.39 is 0 Å². The van der Waals surface area contributed by atoms with E-state index in [0.717, 1.165) is 31.8 Å². The van der Waals surface area contributed by atoms with Gasteiger partial charge in [0.05, 0.1) is 31.5 Å². The summed E-state index contributed by atoms with van der Waals surface area (Å²) >= 11 is 0. The summed E-state index contributed by atoms with van der Waals surface area (Å²) in [6.45, 7) is 7.87. The lowest BCUT2D eigenvalue weighted by molar-refractivity contribution is -0.0686. The first-order valence-electron chi connectivity index (χ1n) is 7.77. The number of nitrogens with zero attached hydrogens (tertiary/aromatic N) is 1. The van der Waals surface area contributed by atoms with Crippen LogP contribution >= 0.6 is 0 Å². The van der Waals surface area contributed by atoms with E-state index in [9.17, 15) is 4.79 Å². The van der Waals surface area contributed by atoms with Gasteiger partial charge in [-0.2, -0.15) is 0 Å². The Morgan fingerprint density at radius 3 is 2.45 bits per heavy atom. The SMILES string of the molecule is COC(=O)c1ccc(OCCCN2CC(C)OC(C)C2)cc1. The molecule has 2 unspecified atom stereocenters. The Balaban J connectivity index is 1.69. The predicted molar refractivity (Wildman–Crippen MR) is 84.3 cm³/mol. The summed E-state index contributed by atoms with van der Waals surface area (Å²) in [7, 11) is 1.38. The lowest BCUT2D eigenvalue weighted by atomic mass is 10.2. The maximum Gasteiger partial charge on any atom is 0.337 e. The third kappa shape index (κ3) is 5.00. The minimum absolute atomic E-state index is 0.301. The molecule has 0 spiro atoms. The van der Waals surface area contributed by atoms with Crippen LogP contribution in [0.4, 0.5) is 0 Å². The fourth-order valence-corrected chi connectivity index (χ4v) is 2.75. The summed E-state index contributed by atoms with van der Waals surface area (Å²) in [5.41, 5.74) is 0.533. The number of hydrogen-bond acceptors (Lipinski definition) is 5. The molecule has 1 fully saturated rings. The molecule has 1 aromatic carbocycles. The van der Waals surface area contributed by atoms with E-state index in [2.05, 4.69) is 23.5 Å². The van der Waals surface area contributed by atoms with Gasteiger partial charge in [0.2, 0.25) is 0 Å². The van der Waals surface area contributed by atoms with E-state index in [4.69, 9.17) is 9.47 Å². The highest BCUT2D eigenvalue weighted by atomic mass is 16.5. The van der Waals surface area contributed by atoms with Crippen molar-refractivity contribution in [3.8, 4) is 5.75 Å². The standard InChI is InChI=1S/C17H25NO4/c1-13-11-18(12-14(2)22-13)9-4-10-21-16-7-5-15(6-8-16)17(19)20-3/h5-8,13-14H,4,9-12H2,1-3H3. The van der Waals surface area contributed by atoms with Gasteiger partial charge < -0.3 is 14.2 Å². The lowest BCUT2D eigenvalue weighted by Crippen LogP contribution is -2.45. The van der Waals surface area contributed by atoms with Gasteiger partial charge in [-0.1, -0.05) is 0 Å². The molecule has 0 aliphatic carbocycles. The van der Waals surface area contributed by atoms with Crippen molar-refractivity contribution in [3.63, 3.8) is 0 Å². The molecular formula is C17H25NO4. The van der Waals surface area contributed by atoms with Crippen LogP contribution in [-0.4, -0.2) is 56.4 Å². The lowest BCUT2D eigenvalue weighted by Gasteiger charge is -2.35. The third-order valence-corrected chi connectivity index (χ3v) is 3.66. The zero-order valence-corrected chi connectivity index (χ0v) is 13.6. The molecule has 0 aromatic heterocycles. The topological polar surface area (TPSA) is 48.0 Å². The average molecular weight is 307 g/mol. The normalized spacial score (nSPS) is 22.3. The summed E-state index contributed by atoms with van der Waals surface area (Å²) in [5, 5.41) is 0. The van der Waals surface area contributed by atoms with Crippen LogP contribution in [0.1, 0.15) is 30.6 Å². The van der Waals surface area contributed by atoms with Crippen LogP contribution in [0.2, 0.25) is 0 Å². The van der Waals surface area contributed by atoms with Gasteiger partial charge in [0, 0.05) is 19.6 Å². The van der Waals surface area contributed by atoms with E-state index in [1.807, 2.05) is 0 Å². The molecule has 22 heavy (non-hydrogen) atoms. The summed E-state index contributed by atoms with van der Waals surface area (Å²) < 4.78 is 16.1. The first-order chi connectivity index (χ1) is 10.6. The van der Waals surface area contributed by atoms with Crippen LogP contribution in [0.5, 0.6) is 5.75 Å². The van der Waals surface area contributed by atoms with Gasteiger partial charge in [-0.3, -0.25) is 4.90 Å². The highest BCUT2D eigenvalue weighted by Crippen LogP contribution is 2.14. The monoisotopic (exact) mass is 307 g/mol. The van der Waals surface area contributed by atoms with Crippen molar-refractivity contribution in [3.05, 3.63) is 29.8 Å². The summed E-state index contributed by atoms with van der Waals surface area (Å²) in [5.74, 6) is 0.443. The Kier molecular flexibility index (Phi) is 6.21. The summed E-state index contributed by atoms with van der Waals surface area (Å²) in [4.78, 5) is 13.8. The predicted octanol–water partition coefficient (Wildman–Crippen LogP) is 2.35. The van der Waals surface area contributed by atoms with Crippen LogP contribution in [0.15, 0.2) is 24.3 Å². The molecule has 5 heteroatoms. The summed E-state index contributed by atoms with van der Waals surface area (Å²) in [6, 6.07) is 7.02. The van der Waals surface area contributed by atoms with Gasteiger partial charge in [0.15, 0.2) is 0 Å². The van der Waals surface area contributed by atoms with Gasteiger partial charge in [0.1, 0.15) is 5.75 Å². The summed E-state index contributed by atoms with van der Waals surface area (Å²) in [6.07, 6.45) is 1.57. The maximum absolute atomic E-state index is 11.3. The van der Waals surface area contributed by atoms with Gasteiger partial charge in [-0.15, -0.1) is 0 Å². The van der Waals surface area contributed by atoms with Crippen LogP contribution in [0.25, 0.3) is 0 Å². The molecule has 0 amide bonds. The second-order valence-corrected chi connectivity index (χ2v) is 5.73. The van der Waals surface area contributed by atoms with E-state index in [1.54, 1.807) is 24.3 Å². The maximum atomic E-state index is 11.3. The minimum Gasteiger partial charge on any atom is -0.494 e. The minimum atomic E-state index is -0.331. The zero-order chi connectivity index (χ0) is 15.9. The molecule has 0 saturated carbocycles. The molecule has 1 aliphatic rings. The quantitative estimate of drug-likeness (QED) is 0.596. The number of benzene rings is 1. The number of carbonyl (C=O) groups is 1. The van der Waals surface area contributed by atoms with Crippen molar-refractivity contribution in [2.75, 3.05) is 33.4 Å². The molecule has 1 saturated heterocycles. The van der Waals surface area contributed by atoms with Crippen LogP contribution in [0.3, 0.4) is 0 Å². The number of methoxy groups -OCH3 is 1. The third-order valence-electron chi connectivity index (χ3n) is 3.66. The Hall–Kier alpha value is -1.59. The van der Waals surface area contributed by atoms with E-state index in [0.29, 0.717) is 24.4 Å². The molecule has 0 radical (unpaired) electrons. The Labute approximate surface area is 132 Å². The molecule has 1 heterocycles. The van der Waals surface area contributed by atoms with Gasteiger partial charge in [0.25, 0.3) is 0 Å². The highest BCUT2D eigenvalue weighted by molar-refractivity contribution is 5.89. The number of morpholine rings is 1. The first-order valence-corrected chi connectivity index (χ1v) is 7.77. The molecular weight excluding hydrogens is 282 g/mol. The van der Waals surface area contributed by atoms with Crippen molar-refractivity contribution in [1.29, 1.82) is 0 Å². The van der Waals surface area contributed by atoms with Crippen molar-refractivity contribution < 1.29 is 19.0 Å². The number of ether oxygens (including phenoxy) is 3. The van der Waals surface area contributed by atoms with Crippen LogP contribution < -0.4 is 4.74 Å². The number of rotatable bonds is 6. The molecule has 2 rings (SSSR count). The molecule has 1 aliphatic heterocycles. The Bertz CT molecular complexity index is 464. The number of esters is 1. The van der Waals surface area contributed by atoms with E-state index in [1.165, 1.54) is 7.11 Å². The van der Waals surface area contributed by atoms with Crippen molar-refractivity contribution in [2.45, 2.75) is 32.5 Å². The number of hydrogen-bond donors (Lipinski definition) is 0. The largest absolute Gasteiger partial charge is 0.494 e. The Morgan fingerprint density at radius 1 is 1.23 bits per heavy atom. The molecule has 122 valence electrons. The smallest absolute Gasteiger partial charge is 0.337 e. The van der Waals surface area contributed by atoms with Gasteiger partial charge in [-0.05, 0) is 44.5 Å². The van der Waals surface area contributed by atoms with Crippen LogP contribution in [0, 0.1) is 0 Å². The van der Waals surface area contributed by atoms with Crippen LogP contribution in [-0.2, 0) is 9.47 Å². The fourth-order valence-electron chi connectivity index (χ4n) is 2.75. The molecule has 1 aromatic rings. The van der Waals surface area contributed by atoms with Crippen molar-refractivity contribution in [2.24, 2.45) is 0 Å².